The minimum atomic E-state index is -1.67. The lowest BCUT2D eigenvalue weighted by atomic mass is 10.1. The molecule has 0 radical (unpaired) electrons. The molecule has 0 amide bonds. The SMILES string of the molecule is COc1c(F)c(-c2cc(N)c(Cl)c(C(=O)O)n2)c(F)c(F)c1Cl. The molecule has 0 spiro atoms. The van der Waals surface area contributed by atoms with Crippen molar-refractivity contribution in [2.45, 2.75) is 0 Å². The summed E-state index contributed by atoms with van der Waals surface area (Å²) in [6.07, 6.45) is 0. The lowest BCUT2D eigenvalue weighted by Gasteiger charge is -2.13. The van der Waals surface area contributed by atoms with Crippen LogP contribution in [-0.4, -0.2) is 23.2 Å². The van der Waals surface area contributed by atoms with Gasteiger partial charge in [-0.25, -0.2) is 22.9 Å². The van der Waals surface area contributed by atoms with E-state index in [0.29, 0.717) is 0 Å². The molecule has 0 fully saturated rings. The van der Waals surface area contributed by atoms with Crippen LogP contribution in [0.3, 0.4) is 0 Å². The van der Waals surface area contributed by atoms with Crippen molar-refractivity contribution in [3.05, 3.63) is 39.3 Å². The van der Waals surface area contributed by atoms with Gasteiger partial charge in [-0.3, -0.25) is 0 Å². The van der Waals surface area contributed by atoms with Crippen molar-refractivity contribution >= 4 is 34.9 Å². The third-order valence-electron chi connectivity index (χ3n) is 2.87. The summed E-state index contributed by atoms with van der Waals surface area (Å²) in [6, 6.07) is 0.906. The summed E-state index contributed by atoms with van der Waals surface area (Å²) < 4.78 is 46.8. The molecule has 0 aliphatic rings. The zero-order chi connectivity index (χ0) is 17.5. The number of nitrogens with two attached hydrogens (primary N) is 1. The number of carboxylic acid groups (broad SMARTS) is 1. The first-order valence-corrected chi connectivity index (χ1v) is 6.55. The van der Waals surface area contributed by atoms with Crippen LogP contribution in [0.5, 0.6) is 5.75 Å². The highest BCUT2D eigenvalue weighted by Gasteiger charge is 2.28. The van der Waals surface area contributed by atoms with Gasteiger partial charge in [-0.2, -0.15) is 0 Å². The molecule has 0 saturated heterocycles. The van der Waals surface area contributed by atoms with Crippen molar-refractivity contribution in [3.8, 4) is 17.0 Å². The highest BCUT2D eigenvalue weighted by Crippen LogP contribution is 2.40. The Morgan fingerprint density at radius 2 is 1.83 bits per heavy atom. The lowest BCUT2D eigenvalue weighted by Crippen LogP contribution is -2.08. The van der Waals surface area contributed by atoms with E-state index in [1.54, 1.807) is 0 Å². The van der Waals surface area contributed by atoms with Crippen LogP contribution in [0.15, 0.2) is 6.07 Å². The Morgan fingerprint density at radius 1 is 1.22 bits per heavy atom. The molecule has 1 heterocycles. The van der Waals surface area contributed by atoms with Crippen LogP contribution in [0.1, 0.15) is 10.5 Å². The summed E-state index contributed by atoms with van der Waals surface area (Å²) in [6.45, 7) is 0. The number of rotatable bonds is 3. The number of aromatic nitrogens is 1. The van der Waals surface area contributed by atoms with Crippen LogP contribution in [0, 0.1) is 17.5 Å². The number of nitrogen functional groups attached to an aromatic ring is 1. The topological polar surface area (TPSA) is 85.4 Å². The van der Waals surface area contributed by atoms with E-state index < -0.39 is 56.2 Å². The van der Waals surface area contributed by atoms with Gasteiger partial charge in [-0.05, 0) is 6.07 Å². The van der Waals surface area contributed by atoms with Crippen molar-refractivity contribution in [3.63, 3.8) is 0 Å². The maximum Gasteiger partial charge on any atom is 0.356 e. The molecule has 0 atom stereocenters. The maximum atomic E-state index is 14.3. The number of ether oxygens (including phenoxy) is 1. The Hall–Kier alpha value is -2.19. The number of methoxy groups -OCH3 is 1. The third-order valence-corrected chi connectivity index (χ3v) is 3.61. The van der Waals surface area contributed by atoms with Gasteiger partial charge in [-0.1, -0.05) is 23.2 Å². The minimum Gasteiger partial charge on any atom is -0.492 e. The Labute approximate surface area is 137 Å². The van der Waals surface area contributed by atoms with Crippen LogP contribution in [0.4, 0.5) is 18.9 Å². The molecule has 1 aromatic carbocycles. The first-order valence-electron chi connectivity index (χ1n) is 5.80. The third kappa shape index (κ3) is 2.75. The van der Waals surface area contributed by atoms with Gasteiger partial charge < -0.3 is 15.6 Å². The molecule has 2 rings (SSSR count). The Bertz CT molecular complexity index is 831. The van der Waals surface area contributed by atoms with Gasteiger partial charge in [0.1, 0.15) is 5.02 Å². The average molecular weight is 367 g/mol. The molecule has 10 heteroatoms. The molecule has 122 valence electrons. The number of anilines is 1. The van der Waals surface area contributed by atoms with E-state index in [2.05, 4.69) is 9.72 Å². The fraction of sp³-hybridized carbons (Fsp3) is 0.0769. The lowest BCUT2D eigenvalue weighted by molar-refractivity contribution is 0.0691. The number of pyridine rings is 1. The normalized spacial score (nSPS) is 10.7. The number of hydrogen-bond donors (Lipinski definition) is 2. The van der Waals surface area contributed by atoms with Crippen LogP contribution in [-0.2, 0) is 0 Å². The molecule has 1 aromatic heterocycles. The first kappa shape index (κ1) is 17.2. The molecule has 23 heavy (non-hydrogen) atoms. The molecule has 3 N–H and O–H groups in total. The van der Waals surface area contributed by atoms with Gasteiger partial charge in [0.05, 0.1) is 29.1 Å². The van der Waals surface area contributed by atoms with Crippen molar-refractivity contribution < 1.29 is 27.8 Å². The van der Waals surface area contributed by atoms with Crippen LogP contribution < -0.4 is 10.5 Å². The quantitative estimate of drug-likeness (QED) is 0.637. The molecule has 0 saturated carbocycles. The van der Waals surface area contributed by atoms with Crippen molar-refractivity contribution in [2.24, 2.45) is 0 Å². The molecule has 0 bridgehead atoms. The van der Waals surface area contributed by atoms with Crippen LogP contribution in [0.25, 0.3) is 11.3 Å². The predicted octanol–water partition coefficient (Wildman–Crippen LogP) is 3.76. The molecule has 0 unspecified atom stereocenters. The fourth-order valence-electron chi connectivity index (χ4n) is 1.84. The molecule has 2 aromatic rings. The Kier molecular flexibility index (Phi) is 4.58. The summed E-state index contributed by atoms with van der Waals surface area (Å²) in [5.41, 5.74) is 2.91. The Balaban J connectivity index is 2.88. The summed E-state index contributed by atoms with van der Waals surface area (Å²) in [5, 5.41) is 7.68. The molecule has 0 aliphatic heterocycles. The summed E-state index contributed by atoms with van der Waals surface area (Å²) in [7, 11) is 0.998. The van der Waals surface area contributed by atoms with Gasteiger partial charge in [-0.15, -0.1) is 0 Å². The van der Waals surface area contributed by atoms with E-state index in [0.717, 1.165) is 13.2 Å². The predicted molar refractivity (Wildman–Crippen MR) is 77.5 cm³/mol. The fourth-order valence-corrected chi connectivity index (χ4v) is 2.26. The highest BCUT2D eigenvalue weighted by atomic mass is 35.5. The largest absolute Gasteiger partial charge is 0.492 e. The second kappa shape index (κ2) is 6.13. The van der Waals surface area contributed by atoms with Gasteiger partial charge in [0.15, 0.2) is 28.9 Å². The smallest absolute Gasteiger partial charge is 0.356 e. The second-order valence-electron chi connectivity index (χ2n) is 4.23. The number of carboxylic acids is 1. The van der Waals surface area contributed by atoms with Gasteiger partial charge in [0.2, 0.25) is 0 Å². The van der Waals surface area contributed by atoms with E-state index in [-0.39, 0.29) is 5.69 Å². The maximum absolute atomic E-state index is 14.3. The average Bonchev–Trinajstić information content (AvgIpc) is 2.48. The van der Waals surface area contributed by atoms with E-state index in [9.17, 15) is 18.0 Å². The number of halogens is 5. The van der Waals surface area contributed by atoms with Gasteiger partial charge in [0, 0.05) is 0 Å². The van der Waals surface area contributed by atoms with Gasteiger partial charge in [0.25, 0.3) is 0 Å². The summed E-state index contributed by atoms with van der Waals surface area (Å²) in [4.78, 5) is 14.6. The highest BCUT2D eigenvalue weighted by molar-refractivity contribution is 6.35. The number of hydrogen-bond acceptors (Lipinski definition) is 4. The second-order valence-corrected chi connectivity index (χ2v) is 4.98. The van der Waals surface area contributed by atoms with Crippen molar-refractivity contribution in [1.29, 1.82) is 0 Å². The first-order chi connectivity index (χ1) is 10.7. The zero-order valence-electron chi connectivity index (χ0n) is 11.3. The van der Waals surface area contributed by atoms with Crippen LogP contribution >= 0.6 is 23.2 Å². The summed E-state index contributed by atoms with van der Waals surface area (Å²) in [5.74, 6) is -6.94. The zero-order valence-corrected chi connectivity index (χ0v) is 12.8. The van der Waals surface area contributed by atoms with E-state index in [1.807, 2.05) is 0 Å². The number of carbonyl (C=O) groups is 1. The summed E-state index contributed by atoms with van der Waals surface area (Å²) >= 11 is 11.1. The monoisotopic (exact) mass is 366 g/mol. The number of nitrogens with zero attached hydrogens (tertiary/aromatic N) is 1. The standard InChI is InChI=1S/C13H7Cl2F3N2O3/c1-23-12-7(15)10(18)8(16)5(9(12)17)4-2-3(19)6(14)11(20-4)13(21)22/h2H,1H3,(H2,19,20)(H,21,22). The minimum absolute atomic E-state index is 0.304. The molecule has 5 nitrogen and oxygen atoms in total. The van der Waals surface area contributed by atoms with Gasteiger partial charge >= 0.3 is 5.97 Å². The van der Waals surface area contributed by atoms with E-state index in [4.69, 9.17) is 34.0 Å². The Morgan fingerprint density at radius 3 is 2.35 bits per heavy atom. The van der Waals surface area contributed by atoms with E-state index in [1.165, 1.54) is 0 Å². The van der Waals surface area contributed by atoms with E-state index >= 15 is 0 Å². The molecule has 0 aliphatic carbocycles. The molecular weight excluding hydrogens is 360 g/mol. The van der Waals surface area contributed by atoms with Crippen LogP contribution in [0.2, 0.25) is 10.0 Å². The number of aromatic carboxylic acids is 1. The van der Waals surface area contributed by atoms with Crippen molar-refractivity contribution in [2.75, 3.05) is 12.8 Å². The molecular formula is C13H7Cl2F3N2O3. The van der Waals surface area contributed by atoms with Crippen molar-refractivity contribution in [1.82, 2.24) is 4.98 Å². The number of benzene rings is 1.